The number of nitrogens with one attached hydrogen (secondary N) is 1. The summed E-state index contributed by atoms with van der Waals surface area (Å²) >= 11 is 0. The minimum atomic E-state index is -0.0268. The molecule has 4 heteroatoms. The lowest BCUT2D eigenvalue weighted by Gasteiger charge is -2.14. The number of hydrogen-bond donors (Lipinski definition) is 1. The number of allylic oxidation sites excluding steroid dienone is 1. The van der Waals surface area contributed by atoms with Crippen LogP contribution in [0, 0.1) is 0 Å². The first-order chi connectivity index (χ1) is 11.1. The quantitative estimate of drug-likeness (QED) is 0.456. The van der Waals surface area contributed by atoms with Crippen molar-refractivity contribution in [2.45, 2.75) is 31.7 Å². The van der Waals surface area contributed by atoms with Crippen LogP contribution in [0.2, 0.25) is 0 Å². The second-order valence-electron chi connectivity index (χ2n) is 5.89. The van der Waals surface area contributed by atoms with Gasteiger partial charge in [0.2, 0.25) is 5.91 Å². The molecule has 1 aromatic rings. The Balaban J connectivity index is 1.85. The molecule has 0 aromatic heterocycles. The van der Waals surface area contributed by atoms with Crippen molar-refractivity contribution in [1.82, 2.24) is 10.2 Å². The molecule has 1 N–H and O–H groups in total. The Hall–Kier alpha value is -2.36. The summed E-state index contributed by atoms with van der Waals surface area (Å²) in [7, 11) is 1.79. The molecule has 0 heterocycles. The first-order valence-electron chi connectivity index (χ1n) is 8.05. The maximum absolute atomic E-state index is 12.0. The van der Waals surface area contributed by atoms with Crippen LogP contribution in [0.15, 0.2) is 43.0 Å². The van der Waals surface area contributed by atoms with E-state index in [2.05, 4.69) is 11.9 Å². The van der Waals surface area contributed by atoms with Crippen LogP contribution in [0.1, 0.15) is 41.6 Å². The zero-order valence-electron chi connectivity index (χ0n) is 13.6. The fourth-order valence-corrected chi connectivity index (χ4v) is 2.12. The van der Waals surface area contributed by atoms with Crippen molar-refractivity contribution in [3.05, 3.63) is 54.1 Å². The largest absolute Gasteiger partial charge is 0.349 e. The Labute approximate surface area is 137 Å². The molecule has 1 aliphatic rings. The normalized spacial score (nSPS) is 13.8. The van der Waals surface area contributed by atoms with E-state index in [1.807, 2.05) is 18.2 Å². The SMILES string of the molecule is C=CCCCN(C)C(=O)/C=C/c1ccc(C(=O)NC2CC2)cc1. The molecule has 2 rings (SSSR count). The molecule has 0 aliphatic heterocycles. The first-order valence-corrected chi connectivity index (χ1v) is 8.05. The predicted molar refractivity (Wildman–Crippen MR) is 93.0 cm³/mol. The Bertz CT molecular complexity index is 586. The lowest BCUT2D eigenvalue weighted by Crippen LogP contribution is -2.25. The summed E-state index contributed by atoms with van der Waals surface area (Å²) in [6, 6.07) is 7.63. The van der Waals surface area contributed by atoms with Crippen molar-refractivity contribution in [2.75, 3.05) is 13.6 Å². The van der Waals surface area contributed by atoms with E-state index in [-0.39, 0.29) is 11.8 Å². The third-order valence-electron chi connectivity index (χ3n) is 3.78. The topological polar surface area (TPSA) is 49.4 Å². The Kier molecular flexibility index (Phi) is 6.15. The lowest BCUT2D eigenvalue weighted by molar-refractivity contribution is -0.124. The number of unbranched alkanes of at least 4 members (excludes halogenated alkanes) is 1. The number of likely N-dealkylation sites (N-methyl/N-ethyl adjacent to an activating group) is 1. The molecule has 0 spiro atoms. The second-order valence-corrected chi connectivity index (χ2v) is 5.89. The average molecular weight is 312 g/mol. The number of carbonyl (C=O) groups is 2. The van der Waals surface area contributed by atoms with Crippen LogP contribution in [0.5, 0.6) is 0 Å². The second kappa shape index (κ2) is 8.32. The van der Waals surface area contributed by atoms with Crippen molar-refractivity contribution in [1.29, 1.82) is 0 Å². The summed E-state index contributed by atoms with van der Waals surface area (Å²) < 4.78 is 0. The van der Waals surface area contributed by atoms with Crippen LogP contribution in [-0.2, 0) is 4.79 Å². The highest BCUT2D eigenvalue weighted by Gasteiger charge is 2.23. The monoisotopic (exact) mass is 312 g/mol. The van der Waals surface area contributed by atoms with Gasteiger partial charge in [0.25, 0.3) is 5.91 Å². The fourth-order valence-electron chi connectivity index (χ4n) is 2.12. The Morgan fingerprint density at radius 3 is 2.61 bits per heavy atom. The molecule has 1 fully saturated rings. The van der Waals surface area contributed by atoms with Crippen LogP contribution in [0.25, 0.3) is 6.08 Å². The van der Waals surface area contributed by atoms with Gasteiger partial charge in [-0.1, -0.05) is 18.2 Å². The summed E-state index contributed by atoms with van der Waals surface area (Å²) in [6.45, 7) is 4.39. The van der Waals surface area contributed by atoms with Crippen LogP contribution in [0.4, 0.5) is 0 Å². The zero-order valence-corrected chi connectivity index (χ0v) is 13.6. The molecule has 4 nitrogen and oxygen atoms in total. The number of benzene rings is 1. The third kappa shape index (κ3) is 5.74. The molecule has 0 saturated heterocycles. The van der Waals surface area contributed by atoms with Gasteiger partial charge in [0.1, 0.15) is 0 Å². The van der Waals surface area contributed by atoms with E-state index in [1.54, 1.807) is 36.2 Å². The fraction of sp³-hybridized carbons (Fsp3) is 0.368. The highest BCUT2D eigenvalue weighted by Crippen LogP contribution is 2.19. The Morgan fingerprint density at radius 1 is 1.30 bits per heavy atom. The smallest absolute Gasteiger partial charge is 0.251 e. The van der Waals surface area contributed by atoms with Gasteiger partial charge >= 0.3 is 0 Å². The van der Waals surface area contributed by atoms with E-state index in [0.717, 1.165) is 37.8 Å². The summed E-state index contributed by atoms with van der Waals surface area (Å²) in [5.41, 5.74) is 1.56. The molecule has 122 valence electrons. The van der Waals surface area contributed by atoms with Gasteiger partial charge in [-0.2, -0.15) is 0 Å². The molecule has 0 bridgehead atoms. The van der Waals surface area contributed by atoms with Gasteiger partial charge in [-0.3, -0.25) is 9.59 Å². The molecule has 1 aliphatic carbocycles. The number of nitrogens with zero attached hydrogens (tertiary/aromatic N) is 1. The molecule has 0 unspecified atom stereocenters. The molecular weight excluding hydrogens is 288 g/mol. The van der Waals surface area contributed by atoms with Gasteiger partial charge in [-0.05, 0) is 49.5 Å². The van der Waals surface area contributed by atoms with E-state index in [0.29, 0.717) is 11.6 Å². The molecular formula is C19H24N2O2. The van der Waals surface area contributed by atoms with Crippen LogP contribution in [0.3, 0.4) is 0 Å². The maximum Gasteiger partial charge on any atom is 0.251 e. The molecule has 0 atom stereocenters. The maximum atomic E-state index is 12.0. The minimum absolute atomic E-state index is 0.0235. The molecule has 1 saturated carbocycles. The predicted octanol–water partition coefficient (Wildman–Crippen LogP) is 3.02. The molecule has 23 heavy (non-hydrogen) atoms. The van der Waals surface area contributed by atoms with E-state index in [9.17, 15) is 9.59 Å². The highest BCUT2D eigenvalue weighted by molar-refractivity contribution is 5.95. The van der Waals surface area contributed by atoms with Gasteiger partial charge in [0, 0.05) is 31.3 Å². The van der Waals surface area contributed by atoms with Gasteiger partial charge in [-0.15, -0.1) is 6.58 Å². The van der Waals surface area contributed by atoms with E-state index in [4.69, 9.17) is 0 Å². The van der Waals surface area contributed by atoms with Crippen molar-refractivity contribution in [2.24, 2.45) is 0 Å². The molecule has 1 aromatic carbocycles. The van der Waals surface area contributed by atoms with E-state index < -0.39 is 0 Å². The van der Waals surface area contributed by atoms with Crippen molar-refractivity contribution in [3.63, 3.8) is 0 Å². The van der Waals surface area contributed by atoms with Crippen molar-refractivity contribution < 1.29 is 9.59 Å². The molecule has 0 radical (unpaired) electrons. The summed E-state index contributed by atoms with van der Waals surface area (Å²) in [5, 5.41) is 2.95. The van der Waals surface area contributed by atoms with Gasteiger partial charge in [-0.25, -0.2) is 0 Å². The van der Waals surface area contributed by atoms with Crippen LogP contribution >= 0.6 is 0 Å². The lowest BCUT2D eigenvalue weighted by atomic mass is 10.1. The highest BCUT2D eigenvalue weighted by atomic mass is 16.2. The van der Waals surface area contributed by atoms with Gasteiger partial charge < -0.3 is 10.2 Å². The number of carbonyl (C=O) groups excluding carboxylic acids is 2. The summed E-state index contributed by atoms with van der Waals surface area (Å²) in [6.07, 6.45) is 9.18. The zero-order chi connectivity index (χ0) is 16.7. The third-order valence-corrected chi connectivity index (χ3v) is 3.78. The van der Waals surface area contributed by atoms with Gasteiger partial charge in [0.05, 0.1) is 0 Å². The Morgan fingerprint density at radius 2 is 2.00 bits per heavy atom. The van der Waals surface area contributed by atoms with E-state index >= 15 is 0 Å². The summed E-state index contributed by atoms with van der Waals surface area (Å²) in [4.78, 5) is 25.5. The number of amides is 2. The standard InChI is InChI=1S/C19H24N2O2/c1-3-4-5-14-21(2)18(22)13-8-15-6-9-16(10-7-15)19(23)20-17-11-12-17/h3,6-10,13,17H,1,4-5,11-12,14H2,2H3,(H,20,23)/b13-8+. The minimum Gasteiger partial charge on any atom is -0.349 e. The first kappa shape index (κ1) is 17.0. The summed E-state index contributed by atoms with van der Waals surface area (Å²) in [5.74, 6) is -0.0503. The van der Waals surface area contributed by atoms with Crippen molar-refractivity contribution >= 4 is 17.9 Å². The number of hydrogen-bond acceptors (Lipinski definition) is 2. The average Bonchev–Trinajstić information content (AvgIpc) is 3.37. The van der Waals surface area contributed by atoms with Crippen LogP contribution in [-0.4, -0.2) is 36.3 Å². The number of rotatable bonds is 8. The van der Waals surface area contributed by atoms with E-state index in [1.165, 1.54) is 0 Å². The van der Waals surface area contributed by atoms with Gasteiger partial charge in [0.15, 0.2) is 0 Å². The van der Waals surface area contributed by atoms with Crippen molar-refractivity contribution in [3.8, 4) is 0 Å². The van der Waals surface area contributed by atoms with Crippen LogP contribution < -0.4 is 5.32 Å². The molecule has 2 amide bonds.